The van der Waals surface area contributed by atoms with Gasteiger partial charge >= 0.3 is 0 Å². The fraction of sp³-hybridized carbons (Fsp3) is 0.500. The molecular formula is C14H17N3O3. The lowest BCUT2D eigenvalue weighted by Gasteiger charge is -2.34. The molecule has 0 aliphatic heterocycles. The summed E-state index contributed by atoms with van der Waals surface area (Å²) in [6.07, 6.45) is 6.31. The summed E-state index contributed by atoms with van der Waals surface area (Å²) in [5, 5.41) is 6.88. The van der Waals surface area contributed by atoms with E-state index in [0.29, 0.717) is 17.5 Å². The van der Waals surface area contributed by atoms with Crippen LogP contribution in [0.1, 0.15) is 54.4 Å². The summed E-state index contributed by atoms with van der Waals surface area (Å²) in [7, 11) is 0. The van der Waals surface area contributed by atoms with Gasteiger partial charge in [0.05, 0.1) is 6.26 Å². The van der Waals surface area contributed by atoms with Crippen molar-refractivity contribution in [2.24, 2.45) is 0 Å². The molecule has 1 amide bonds. The minimum atomic E-state index is -0.566. The van der Waals surface area contributed by atoms with Crippen LogP contribution in [0, 0.1) is 6.92 Å². The van der Waals surface area contributed by atoms with Crippen LogP contribution >= 0.6 is 0 Å². The van der Waals surface area contributed by atoms with Crippen molar-refractivity contribution < 1.29 is 13.7 Å². The number of carbonyl (C=O) groups excluding carboxylic acids is 1. The third kappa shape index (κ3) is 2.33. The van der Waals surface area contributed by atoms with Crippen molar-refractivity contribution >= 4 is 5.91 Å². The Morgan fingerprint density at radius 3 is 2.75 bits per heavy atom. The van der Waals surface area contributed by atoms with Gasteiger partial charge in [-0.3, -0.25) is 4.79 Å². The van der Waals surface area contributed by atoms with Crippen LogP contribution in [-0.4, -0.2) is 16.0 Å². The summed E-state index contributed by atoms with van der Waals surface area (Å²) in [6.45, 7) is 1.78. The quantitative estimate of drug-likeness (QED) is 0.931. The van der Waals surface area contributed by atoms with E-state index in [1.54, 1.807) is 19.1 Å². The number of aromatic nitrogens is 2. The van der Waals surface area contributed by atoms with E-state index in [0.717, 1.165) is 32.1 Å². The van der Waals surface area contributed by atoms with Crippen LogP contribution in [0.3, 0.4) is 0 Å². The second-order valence-electron chi connectivity index (χ2n) is 5.22. The molecule has 0 spiro atoms. The van der Waals surface area contributed by atoms with Crippen molar-refractivity contribution in [2.45, 2.75) is 44.6 Å². The molecule has 0 unspecified atom stereocenters. The smallest absolute Gasteiger partial charge is 0.287 e. The molecule has 6 heteroatoms. The highest BCUT2D eigenvalue weighted by atomic mass is 16.5. The van der Waals surface area contributed by atoms with Crippen molar-refractivity contribution in [1.29, 1.82) is 0 Å². The third-order valence-electron chi connectivity index (χ3n) is 3.74. The molecule has 0 atom stereocenters. The minimum Gasteiger partial charge on any atom is -0.459 e. The maximum absolute atomic E-state index is 12.3. The van der Waals surface area contributed by atoms with Gasteiger partial charge in [0, 0.05) is 0 Å². The Bertz CT molecular complexity index is 583. The number of hydrogen-bond acceptors (Lipinski definition) is 5. The molecule has 0 saturated heterocycles. The Hall–Kier alpha value is -2.11. The van der Waals surface area contributed by atoms with Gasteiger partial charge in [0.15, 0.2) is 11.6 Å². The lowest BCUT2D eigenvalue weighted by atomic mass is 9.81. The van der Waals surface area contributed by atoms with Gasteiger partial charge in [0.25, 0.3) is 11.8 Å². The number of furan rings is 1. The first-order valence-electron chi connectivity index (χ1n) is 6.86. The topological polar surface area (TPSA) is 81.2 Å². The van der Waals surface area contributed by atoms with Gasteiger partial charge in [-0.2, -0.15) is 4.98 Å². The van der Waals surface area contributed by atoms with E-state index in [4.69, 9.17) is 8.94 Å². The Balaban J connectivity index is 1.88. The van der Waals surface area contributed by atoms with Crippen LogP contribution in [0.2, 0.25) is 0 Å². The maximum Gasteiger partial charge on any atom is 0.287 e. The molecule has 0 aromatic carbocycles. The Morgan fingerprint density at radius 1 is 1.35 bits per heavy atom. The molecule has 1 fully saturated rings. The van der Waals surface area contributed by atoms with Crippen LogP contribution < -0.4 is 5.32 Å². The van der Waals surface area contributed by atoms with Gasteiger partial charge in [-0.15, -0.1) is 0 Å². The molecule has 1 saturated carbocycles. The fourth-order valence-electron chi connectivity index (χ4n) is 2.73. The monoisotopic (exact) mass is 275 g/mol. The second-order valence-corrected chi connectivity index (χ2v) is 5.22. The number of rotatable bonds is 3. The van der Waals surface area contributed by atoms with Crippen molar-refractivity contribution in [3.05, 3.63) is 35.9 Å². The number of nitrogens with one attached hydrogen (secondary N) is 1. The van der Waals surface area contributed by atoms with E-state index < -0.39 is 5.54 Å². The molecule has 20 heavy (non-hydrogen) atoms. The van der Waals surface area contributed by atoms with Crippen LogP contribution in [0.5, 0.6) is 0 Å². The SMILES string of the molecule is Cc1noc(C2(NC(=O)c3ccco3)CCCCC2)n1. The van der Waals surface area contributed by atoms with Gasteiger partial charge in [-0.05, 0) is 31.9 Å². The number of amides is 1. The summed E-state index contributed by atoms with van der Waals surface area (Å²) in [5.74, 6) is 1.13. The molecule has 2 aromatic rings. The highest BCUT2D eigenvalue weighted by Crippen LogP contribution is 2.36. The normalized spacial score (nSPS) is 17.9. The molecule has 2 heterocycles. The van der Waals surface area contributed by atoms with Crippen molar-refractivity contribution in [1.82, 2.24) is 15.5 Å². The first-order valence-corrected chi connectivity index (χ1v) is 6.86. The van der Waals surface area contributed by atoms with E-state index in [-0.39, 0.29) is 5.91 Å². The number of hydrogen-bond donors (Lipinski definition) is 1. The van der Waals surface area contributed by atoms with Crippen molar-refractivity contribution in [2.75, 3.05) is 0 Å². The minimum absolute atomic E-state index is 0.243. The zero-order valence-corrected chi connectivity index (χ0v) is 11.4. The standard InChI is InChI=1S/C14H17N3O3/c1-10-15-13(20-17-10)14(7-3-2-4-8-14)16-12(18)11-6-5-9-19-11/h5-6,9H,2-4,7-8H2,1H3,(H,16,18). The zero-order valence-electron chi connectivity index (χ0n) is 11.4. The van der Waals surface area contributed by atoms with Gasteiger partial charge in [-0.1, -0.05) is 24.4 Å². The Kier molecular flexibility index (Phi) is 3.30. The van der Waals surface area contributed by atoms with E-state index in [9.17, 15) is 4.79 Å². The van der Waals surface area contributed by atoms with Crippen LogP contribution in [0.25, 0.3) is 0 Å². The number of nitrogens with zero attached hydrogens (tertiary/aromatic N) is 2. The van der Waals surface area contributed by atoms with E-state index in [2.05, 4.69) is 15.5 Å². The molecule has 1 aliphatic rings. The molecule has 3 rings (SSSR count). The van der Waals surface area contributed by atoms with Crippen LogP contribution in [0.4, 0.5) is 0 Å². The van der Waals surface area contributed by atoms with Gasteiger partial charge in [0.2, 0.25) is 0 Å². The molecule has 1 N–H and O–H groups in total. The first-order chi connectivity index (χ1) is 9.70. The highest BCUT2D eigenvalue weighted by Gasteiger charge is 2.41. The maximum atomic E-state index is 12.3. The summed E-state index contributed by atoms with van der Waals surface area (Å²) in [5.41, 5.74) is -0.566. The predicted molar refractivity (Wildman–Crippen MR) is 70.0 cm³/mol. The molecule has 0 bridgehead atoms. The number of carbonyl (C=O) groups is 1. The summed E-state index contributed by atoms with van der Waals surface area (Å²) >= 11 is 0. The van der Waals surface area contributed by atoms with Crippen LogP contribution in [-0.2, 0) is 5.54 Å². The van der Waals surface area contributed by atoms with E-state index in [1.807, 2.05) is 0 Å². The van der Waals surface area contributed by atoms with Crippen molar-refractivity contribution in [3.8, 4) is 0 Å². The Labute approximate surface area is 116 Å². The molecular weight excluding hydrogens is 258 g/mol. The number of aryl methyl sites for hydroxylation is 1. The second kappa shape index (κ2) is 5.11. The summed E-state index contributed by atoms with van der Waals surface area (Å²) in [6, 6.07) is 3.34. The highest BCUT2D eigenvalue weighted by molar-refractivity contribution is 5.91. The zero-order chi connectivity index (χ0) is 14.0. The lowest BCUT2D eigenvalue weighted by Crippen LogP contribution is -2.47. The van der Waals surface area contributed by atoms with Crippen LogP contribution in [0.15, 0.2) is 27.3 Å². The Morgan fingerprint density at radius 2 is 2.15 bits per heavy atom. The van der Waals surface area contributed by atoms with Gasteiger partial charge in [-0.25, -0.2) is 0 Å². The van der Waals surface area contributed by atoms with Gasteiger partial charge < -0.3 is 14.3 Å². The third-order valence-corrected chi connectivity index (χ3v) is 3.74. The largest absolute Gasteiger partial charge is 0.459 e. The molecule has 0 radical (unpaired) electrons. The lowest BCUT2D eigenvalue weighted by molar-refractivity contribution is 0.0796. The van der Waals surface area contributed by atoms with Crippen molar-refractivity contribution in [3.63, 3.8) is 0 Å². The summed E-state index contributed by atoms with van der Waals surface area (Å²) in [4.78, 5) is 16.6. The van der Waals surface area contributed by atoms with E-state index in [1.165, 1.54) is 6.26 Å². The average Bonchev–Trinajstić information content (AvgIpc) is 3.10. The molecule has 2 aromatic heterocycles. The first kappa shape index (κ1) is 12.9. The fourth-order valence-corrected chi connectivity index (χ4v) is 2.73. The average molecular weight is 275 g/mol. The molecule has 106 valence electrons. The molecule has 1 aliphatic carbocycles. The predicted octanol–water partition coefficient (Wildman–Crippen LogP) is 2.56. The molecule has 6 nitrogen and oxygen atoms in total. The van der Waals surface area contributed by atoms with E-state index >= 15 is 0 Å². The van der Waals surface area contributed by atoms with Gasteiger partial charge in [0.1, 0.15) is 5.54 Å². The summed E-state index contributed by atoms with van der Waals surface area (Å²) < 4.78 is 10.5.